The van der Waals surface area contributed by atoms with Crippen LogP contribution in [0.1, 0.15) is 18.1 Å². The molecule has 1 N–H and O–H groups in total. The van der Waals surface area contributed by atoms with E-state index in [1.165, 1.54) is 0 Å². The molecule has 118 valence electrons. The highest BCUT2D eigenvalue weighted by Crippen LogP contribution is 2.10. The van der Waals surface area contributed by atoms with Crippen molar-refractivity contribution in [2.75, 3.05) is 13.1 Å². The zero-order chi connectivity index (χ0) is 16.7. The van der Waals surface area contributed by atoms with E-state index in [1.54, 1.807) is 6.21 Å². The largest absolute Gasteiger partial charge is 0.306 e. The Bertz CT molecular complexity index is 717. The maximum absolute atomic E-state index is 7.92. The second-order valence-electron chi connectivity index (χ2n) is 5.03. The topological polar surface area (TPSA) is 48.6 Å². The molecular weight excluding hydrogens is 329 g/mol. The molecule has 0 saturated carbocycles. The van der Waals surface area contributed by atoms with Gasteiger partial charge < -0.3 is 5.41 Å². The standard InChI is InChI=1S/C18H17Cl2N3/c1-13(15-4-8-17(20)9-5-15)23-12-18(21)11-22-10-14-2-6-16(19)7-3-14/h2-10,21H,11-12H2,1H3. The summed E-state index contributed by atoms with van der Waals surface area (Å²) in [7, 11) is 0. The lowest BCUT2D eigenvalue weighted by atomic mass is 10.1. The van der Waals surface area contributed by atoms with Crippen molar-refractivity contribution in [1.82, 2.24) is 0 Å². The Kier molecular flexibility index (Phi) is 6.51. The van der Waals surface area contributed by atoms with Crippen molar-refractivity contribution in [3.63, 3.8) is 0 Å². The third-order valence-electron chi connectivity index (χ3n) is 3.16. The summed E-state index contributed by atoms with van der Waals surface area (Å²) in [6, 6.07) is 14.9. The first kappa shape index (κ1) is 17.4. The quantitative estimate of drug-likeness (QED) is 0.720. The van der Waals surface area contributed by atoms with E-state index in [0.29, 0.717) is 28.8 Å². The van der Waals surface area contributed by atoms with Crippen LogP contribution in [-0.2, 0) is 0 Å². The van der Waals surface area contributed by atoms with Crippen LogP contribution in [0.4, 0.5) is 0 Å². The first-order valence-corrected chi connectivity index (χ1v) is 7.89. The van der Waals surface area contributed by atoms with Gasteiger partial charge in [0.15, 0.2) is 0 Å². The second-order valence-corrected chi connectivity index (χ2v) is 5.91. The van der Waals surface area contributed by atoms with E-state index >= 15 is 0 Å². The van der Waals surface area contributed by atoms with E-state index in [1.807, 2.05) is 55.5 Å². The van der Waals surface area contributed by atoms with Crippen molar-refractivity contribution in [3.05, 3.63) is 69.7 Å². The SMILES string of the molecule is CC(=NCC(=N)CN=Cc1ccc(Cl)cc1)c1ccc(Cl)cc1. The lowest BCUT2D eigenvalue weighted by Gasteiger charge is -2.02. The fourth-order valence-electron chi connectivity index (χ4n) is 1.86. The Morgan fingerprint density at radius 3 is 2.13 bits per heavy atom. The summed E-state index contributed by atoms with van der Waals surface area (Å²) in [6.45, 7) is 2.60. The van der Waals surface area contributed by atoms with Crippen LogP contribution >= 0.6 is 23.2 Å². The van der Waals surface area contributed by atoms with Gasteiger partial charge in [-0.1, -0.05) is 47.5 Å². The van der Waals surface area contributed by atoms with Crippen molar-refractivity contribution < 1.29 is 0 Å². The van der Waals surface area contributed by atoms with Crippen LogP contribution in [0.5, 0.6) is 0 Å². The molecule has 3 nitrogen and oxygen atoms in total. The highest BCUT2D eigenvalue weighted by Gasteiger charge is 1.99. The zero-order valence-corrected chi connectivity index (χ0v) is 14.3. The van der Waals surface area contributed by atoms with E-state index in [9.17, 15) is 0 Å². The monoisotopic (exact) mass is 345 g/mol. The van der Waals surface area contributed by atoms with Gasteiger partial charge in [-0.15, -0.1) is 0 Å². The summed E-state index contributed by atoms with van der Waals surface area (Å²) in [5.74, 6) is 0. The number of halogens is 2. The molecule has 0 unspecified atom stereocenters. The van der Waals surface area contributed by atoms with Gasteiger partial charge in [0.05, 0.1) is 18.8 Å². The van der Waals surface area contributed by atoms with Gasteiger partial charge in [0.2, 0.25) is 0 Å². The molecule has 23 heavy (non-hydrogen) atoms. The van der Waals surface area contributed by atoms with E-state index < -0.39 is 0 Å². The minimum atomic E-state index is 0.333. The molecule has 0 saturated heterocycles. The predicted molar refractivity (Wildman–Crippen MR) is 100 cm³/mol. The Morgan fingerprint density at radius 2 is 1.52 bits per heavy atom. The van der Waals surface area contributed by atoms with Gasteiger partial charge in [0, 0.05) is 22.0 Å². The lowest BCUT2D eigenvalue weighted by Crippen LogP contribution is -2.08. The number of hydrogen-bond acceptors (Lipinski definition) is 3. The van der Waals surface area contributed by atoms with Crippen molar-refractivity contribution >= 4 is 40.8 Å². The molecule has 0 aliphatic rings. The molecule has 0 aliphatic carbocycles. The molecule has 0 radical (unpaired) electrons. The fourth-order valence-corrected chi connectivity index (χ4v) is 2.11. The number of hydrogen-bond donors (Lipinski definition) is 1. The maximum atomic E-state index is 7.92. The van der Waals surface area contributed by atoms with Crippen LogP contribution < -0.4 is 0 Å². The van der Waals surface area contributed by atoms with Crippen molar-refractivity contribution in [1.29, 1.82) is 5.41 Å². The molecule has 0 fully saturated rings. The summed E-state index contributed by atoms with van der Waals surface area (Å²) in [5.41, 5.74) is 3.31. The van der Waals surface area contributed by atoms with Gasteiger partial charge in [0.1, 0.15) is 0 Å². The van der Waals surface area contributed by atoms with Crippen LogP contribution in [0.2, 0.25) is 10.0 Å². The van der Waals surface area contributed by atoms with Crippen LogP contribution in [0.3, 0.4) is 0 Å². The predicted octanol–water partition coefficient (Wildman–Crippen LogP) is 4.94. The molecule has 0 aromatic heterocycles. The highest BCUT2D eigenvalue weighted by atomic mass is 35.5. The molecule has 0 bridgehead atoms. The molecule has 5 heteroatoms. The molecule has 0 aliphatic heterocycles. The van der Waals surface area contributed by atoms with E-state index in [2.05, 4.69) is 9.98 Å². The Morgan fingerprint density at radius 1 is 0.957 bits per heavy atom. The van der Waals surface area contributed by atoms with Gasteiger partial charge in [-0.3, -0.25) is 9.98 Å². The maximum Gasteiger partial charge on any atom is 0.0787 e. The van der Waals surface area contributed by atoms with Crippen molar-refractivity contribution in [2.24, 2.45) is 9.98 Å². The minimum Gasteiger partial charge on any atom is -0.306 e. The van der Waals surface area contributed by atoms with Crippen molar-refractivity contribution in [2.45, 2.75) is 6.92 Å². The smallest absolute Gasteiger partial charge is 0.0787 e. The Hall–Kier alpha value is -1.97. The summed E-state index contributed by atoms with van der Waals surface area (Å²) in [4.78, 5) is 8.67. The van der Waals surface area contributed by atoms with Gasteiger partial charge in [-0.05, 0) is 42.3 Å². The van der Waals surface area contributed by atoms with E-state index in [0.717, 1.165) is 16.8 Å². The molecule has 2 aromatic rings. The number of benzene rings is 2. The highest BCUT2D eigenvalue weighted by molar-refractivity contribution is 6.31. The fraction of sp³-hybridized carbons (Fsp3) is 0.167. The van der Waals surface area contributed by atoms with Crippen LogP contribution in [0.15, 0.2) is 58.5 Å². The third-order valence-corrected chi connectivity index (χ3v) is 3.67. The molecular formula is C18H17Cl2N3. The van der Waals surface area contributed by atoms with Gasteiger partial charge in [0.25, 0.3) is 0 Å². The summed E-state index contributed by atoms with van der Waals surface area (Å²) in [6.07, 6.45) is 1.74. The minimum absolute atomic E-state index is 0.333. The average molecular weight is 346 g/mol. The molecule has 0 atom stereocenters. The van der Waals surface area contributed by atoms with Crippen LogP contribution in [-0.4, -0.2) is 30.7 Å². The van der Waals surface area contributed by atoms with Gasteiger partial charge in [-0.2, -0.15) is 0 Å². The Balaban J connectivity index is 1.85. The molecule has 0 heterocycles. The number of aliphatic imine (C=N–C) groups is 2. The van der Waals surface area contributed by atoms with Crippen LogP contribution in [0.25, 0.3) is 0 Å². The normalized spacial score (nSPS) is 11.9. The second kappa shape index (κ2) is 8.61. The third kappa shape index (κ3) is 5.97. The first-order valence-electron chi connectivity index (χ1n) is 7.13. The first-order chi connectivity index (χ1) is 11.0. The lowest BCUT2D eigenvalue weighted by molar-refractivity contribution is 1.16. The van der Waals surface area contributed by atoms with Gasteiger partial charge >= 0.3 is 0 Å². The molecule has 0 spiro atoms. The van der Waals surface area contributed by atoms with Crippen molar-refractivity contribution in [3.8, 4) is 0 Å². The number of nitrogens with one attached hydrogen (secondary N) is 1. The molecule has 2 rings (SSSR count). The number of nitrogens with zero attached hydrogens (tertiary/aromatic N) is 2. The zero-order valence-electron chi connectivity index (χ0n) is 12.8. The van der Waals surface area contributed by atoms with E-state index in [-0.39, 0.29) is 0 Å². The molecule has 2 aromatic carbocycles. The number of rotatable bonds is 6. The summed E-state index contributed by atoms with van der Waals surface area (Å²) >= 11 is 11.7. The van der Waals surface area contributed by atoms with E-state index in [4.69, 9.17) is 28.6 Å². The van der Waals surface area contributed by atoms with Crippen LogP contribution in [0, 0.1) is 5.41 Å². The summed E-state index contributed by atoms with van der Waals surface area (Å²) in [5, 5.41) is 9.31. The Labute approximate surface area is 146 Å². The summed E-state index contributed by atoms with van der Waals surface area (Å²) < 4.78 is 0. The van der Waals surface area contributed by atoms with Gasteiger partial charge in [-0.25, -0.2) is 0 Å². The molecule has 0 amide bonds. The average Bonchev–Trinajstić information content (AvgIpc) is 2.55.